The van der Waals surface area contributed by atoms with Crippen molar-refractivity contribution in [2.45, 2.75) is 62.4 Å². The van der Waals surface area contributed by atoms with E-state index in [1.165, 1.54) is 17.1 Å². The van der Waals surface area contributed by atoms with Gasteiger partial charge in [-0.1, -0.05) is 0 Å². The predicted octanol–water partition coefficient (Wildman–Crippen LogP) is 3.64. The lowest BCUT2D eigenvalue weighted by atomic mass is 10.1. The Morgan fingerprint density at radius 2 is 1.85 bits per heavy atom. The summed E-state index contributed by atoms with van der Waals surface area (Å²) in [5.74, 6) is 0.548. The summed E-state index contributed by atoms with van der Waals surface area (Å²) < 4.78 is 27.9. The molecule has 0 bridgehead atoms. The SMILES string of the molecule is C[C@H](C1CC1)N(C(=O)c1cc(S(=O)(=O)N2CCCC2)ccc1Br)C1CC1. The molecule has 0 aromatic heterocycles. The van der Waals surface area contributed by atoms with E-state index < -0.39 is 10.0 Å². The van der Waals surface area contributed by atoms with Crippen LogP contribution < -0.4 is 0 Å². The molecule has 1 atom stereocenters. The molecule has 1 amide bonds. The number of halogens is 1. The van der Waals surface area contributed by atoms with Crippen molar-refractivity contribution in [3.8, 4) is 0 Å². The van der Waals surface area contributed by atoms with E-state index in [1.807, 2.05) is 4.90 Å². The van der Waals surface area contributed by atoms with Crippen LogP contribution >= 0.6 is 15.9 Å². The first-order chi connectivity index (χ1) is 12.4. The van der Waals surface area contributed by atoms with E-state index >= 15 is 0 Å². The molecule has 2 aliphatic carbocycles. The third-order valence-corrected chi connectivity index (χ3v) is 8.37. The molecule has 1 saturated heterocycles. The largest absolute Gasteiger partial charge is 0.333 e. The van der Waals surface area contributed by atoms with Crippen molar-refractivity contribution in [2.75, 3.05) is 13.1 Å². The van der Waals surface area contributed by atoms with Crippen LogP contribution in [0.4, 0.5) is 0 Å². The van der Waals surface area contributed by atoms with E-state index in [4.69, 9.17) is 0 Å². The van der Waals surface area contributed by atoms with Gasteiger partial charge >= 0.3 is 0 Å². The second-order valence-corrected chi connectivity index (χ2v) is 10.6. The highest BCUT2D eigenvalue weighted by Gasteiger charge is 2.42. The molecule has 1 aromatic carbocycles. The predicted molar refractivity (Wildman–Crippen MR) is 104 cm³/mol. The number of carbonyl (C=O) groups excluding carboxylic acids is 1. The van der Waals surface area contributed by atoms with Crippen molar-refractivity contribution < 1.29 is 13.2 Å². The normalized spacial score (nSPS) is 22.4. The Kier molecular flexibility index (Phi) is 4.90. The Balaban J connectivity index is 1.66. The van der Waals surface area contributed by atoms with Crippen molar-refractivity contribution in [3.63, 3.8) is 0 Å². The van der Waals surface area contributed by atoms with E-state index in [1.54, 1.807) is 18.2 Å². The van der Waals surface area contributed by atoms with Crippen LogP contribution in [-0.4, -0.2) is 48.7 Å². The summed E-state index contributed by atoms with van der Waals surface area (Å²) in [6.45, 7) is 3.26. The highest BCUT2D eigenvalue weighted by Crippen LogP contribution is 2.41. The quantitative estimate of drug-likeness (QED) is 0.678. The highest BCUT2D eigenvalue weighted by molar-refractivity contribution is 9.10. The van der Waals surface area contributed by atoms with Gasteiger partial charge in [0, 0.05) is 29.6 Å². The molecule has 0 radical (unpaired) electrons. The van der Waals surface area contributed by atoms with Gasteiger partial charge in [0.15, 0.2) is 0 Å². The Morgan fingerprint density at radius 1 is 1.19 bits per heavy atom. The fourth-order valence-electron chi connectivity index (χ4n) is 3.89. The van der Waals surface area contributed by atoms with E-state index in [9.17, 15) is 13.2 Å². The molecule has 3 fully saturated rings. The van der Waals surface area contributed by atoms with Gasteiger partial charge in [-0.3, -0.25) is 4.79 Å². The summed E-state index contributed by atoms with van der Waals surface area (Å²) >= 11 is 3.47. The van der Waals surface area contributed by atoms with Crippen molar-refractivity contribution >= 4 is 31.9 Å². The number of nitrogens with zero attached hydrogens (tertiary/aromatic N) is 2. The highest BCUT2D eigenvalue weighted by atomic mass is 79.9. The fourth-order valence-corrected chi connectivity index (χ4v) is 5.85. The lowest BCUT2D eigenvalue weighted by molar-refractivity contribution is 0.0653. The Bertz CT molecular complexity index is 812. The van der Waals surface area contributed by atoms with Crippen molar-refractivity contribution in [2.24, 2.45) is 5.92 Å². The molecule has 142 valence electrons. The molecule has 1 aliphatic heterocycles. The Hall–Kier alpha value is -0.920. The number of hydrogen-bond donors (Lipinski definition) is 0. The monoisotopic (exact) mass is 440 g/mol. The average molecular weight is 441 g/mol. The van der Waals surface area contributed by atoms with Gasteiger partial charge in [-0.25, -0.2) is 8.42 Å². The molecular weight excluding hydrogens is 416 g/mol. The second kappa shape index (κ2) is 6.91. The number of benzene rings is 1. The number of rotatable bonds is 6. The maximum atomic E-state index is 13.3. The minimum Gasteiger partial charge on any atom is -0.333 e. The van der Waals surface area contributed by atoms with Crippen molar-refractivity contribution in [1.82, 2.24) is 9.21 Å². The summed E-state index contributed by atoms with van der Waals surface area (Å²) in [5.41, 5.74) is 0.463. The number of sulfonamides is 1. The van der Waals surface area contributed by atoms with Crippen molar-refractivity contribution in [1.29, 1.82) is 0 Å². The molecule has 2 saturated carbocycles. The fraction of sp³-hybridized carbons (Fsp3) is 0.632. The van der Waals surface area contributed by atoms with Gasteiger partial charge < -0.3 is 4.90 Å². The maximum absolute atomic E-state index is 13.3. The van der Waals surface area contributed by atoms with E-state index in [-0.39, 0.29) is 16.8 Å². The third-order valence-electron chi connectivity index (χ3n) is 5.79. The maximum Gasteiger partial charge on any atom is 0.255 e. The van der Waals surface area contributed by atoms with Crippen molar-refractivity contribution in [3.05, 3.63) is 28.2 Å². The van der Waals surface area contributed by atoms with Crippen LogP contribution in [0.2, 0.25) is 0 Å². The van der Waals surface area contributed by atoms with Gasteiger partial charge in [0.25, 0.3) is 5.91 Å². The zero-order valence-corrected chi connectivity index (χ0v) is 17.4. The lowest BCUT2D eigenvalue weighted by Gasteiger charge is -2.30. The topological polar surface area (TPSA) is 57.7 Å². The van der Waals surface area contributed by atoms with Gasteiger partial charge in [0.1, 0.15) is 0 Å². The minimum absolute atomic E-state index is 0.0442. The van der Waals surface area contributed by atoms with Gasteiger partial charge in [0.2, 0.25) is 10.0 Å². The molecule has 5 nitrogen and oxygen atoms in total. The van der Waals surface area contributed by atoms with E-state index in [2.05, 4.69) is 22.9 Å². The summed E-state index contributed by atoms with van der Waals surface area (Å²) in [6, 6.07) is 5.39. The van der Waals surface area contributed by atoms with Crippen LogP contribution in [0.1, 0.15) is 55.8 Å². The first-order valence-corrected chi connectivity index (χ1v) is 11.8. The van der Waals surface area contributed by atoms with Crippen LogP contribution in [-0.2, 0) is 10.0 Å². The van der Waals surface area contributed by atoms with Crippen LogP contribution in [0.15, 0.2) is 27.6 Å². The Labute approximate surface area is 163 Å². The first-order valence-electron chi connectivity index (χ1n) is 9.52. The number of hydrogen-bond acceptors (Lipinski definition) is 3. The number of amides is 1. The number of carbonyl (C=O) groups is 1. The van der Waals surface area contributed by atoms with E-state index in [0.29, 0.717) is 35.1 Å². The summed E-state index contributed by atoms with van der Waals surface area (Å²) in [5, 5.41) is 0. The van der Waals surface area contributed by atoms with Crippen LogP contribution in [0.5, 0.6) is 0 Å². The second-order valence-electron chi connectivity index (χ2n) is 7.77. The summed E-state index contributed by atoms with van der Waals surface area (Å²) in [4.78, 5) is 15.5. The molecule has 26 heavy (non-hydrogen) atoms. The molecule has 4 rings (SSSR count). The zero-order chi connectivity index (χ0) is 18.5. The molecular formula is C19H25BrN2O3S. The van der Waals surface area contributed by atoms with Gasteiger partial charge in [-0.2, -0.15) is 4.31 Å². The molecule has 1 heterocycles. The molecule has 0 N–H and O–H groups in total. The van der Waals surface area contributed by atoms with Crippen LogP contribution in [0, 0.1) is 5.92 Å². The minimum atomic E-state index is -3.52. The van der Waals surface area contributed by atoms with Gasteiger partial charge in [-0.15, -0.1) is 0 Å². The zero-order valence-electron chi connectivity index (χ0n) is 15.0. The lowest BCUT2D eigenvalue weighted by Crippen LogP contribution is -2.41. The average Bonchev–Trinajstić information content (AvgIpc) is 3.54. The van der Waals surface area contributed by atoms with Gasteiger partial charge in [0.05, 0.1) is 10.5 Å². The standard InChI is InChI=1S/C19H25BrN2O3S/c1-13(14-4-5-14)22(15-6-7-15)19(23)17-12-16(8-9-18(17)20)26(24,25)21-10-2-3-11-21/h8-9,12-15H,2-7,10-11H2,1H3/t13-/m1/s1. The third kappa shape index (κ3) is 3.45. The molecule has 3 aliphatic rings. The smallest absolute Gasteiger partial charge is 0.255 e. The van der Waals surface area contributed by atoms with Gasteiger partial charge in [-0.05, 0) is 85.5 Å². The van der Waals surface area contributed by atoms with Crippen LogP contribution in [0.3, 0.4) is 0 Å². The Morgan fingerprint density at radius 3 is 2.42 bits per heavy atom. The van der Waals surface area contributed by atoms with E-state index in [0.717, 1.165) is 25.7 Å². The molecule has 7 heteroatoms. The molecule has 0 unspecified atom stereocenters. The summed E-state index contributed by atoms with van der Waals surface area (Å²) in [7, 11) is -3.52. The summed E-state index contributed by atoms with van der Waals surface area (Å²) in [6.07, 6.45) is 6.26. The first kappa shape index (κ1) is 18.4. The molecule has 1 aromatic rings. The molecule has 0 spiro atoms. The van der Waals surface area contributed by atoms with Crippen LogP contribution in [0.25, 0.3) is 0 Å².